The molecule has 0 aromatic rings. The summed E-state index contributed by atoms with van der Waals surface area (Å²) in [5, 5.41) is 28.9. The van der Waals surface area contributed by atoms with Crippen LogP contribution in [-0.2, 0) is 14.4 Å². The van der Waals surface area contributed by atoms with Gasteiger partial charge in [-0.25, -0.2) is 14.4 Å². The molecular weight excluding hydrogens is 494 g/mol. The van der Waals surface area contributed by atoms with E-state index in [1.54, 1.807) is 0 Å². The Bertz CT molecular complexity index is 602. The predicted molar refractivity (Wildman–Crippen MR) is 159 cm³/mol. The average molecular weight is 557 g/mol. The quantitative estimate of drug-likeness (QED) is 0.0658. The molecule has 0 bridgehead atoms. The fourth-order valence-corrected chi connectivity index (χ4v) is 6.02. The van der Waals surface area contributed by atoms with Crippen molar-refractivity contribution in [1.29, 1.82) is 0 Å². The molecule has 7 nitrogen and oxygen atoms in total. The topological polar surface area (TPSA) is 112 Å². The van der Waals surface area contributed by atoms with Crippen LogP contribution in [0.15, 0.2) is 0 Å². The summed E-state index contributed by atoms with van der Waals surface area (Å²) in [5.74, 6) is -3.50. The van der Waals surface area contributed by atoms with Crippen LogP contribution < -0.4 is 0 Å². The van der Waals surface area contributed by atoms with Gasteiger partial charge in [-0.3, -0.25) is 4.48 Å². The van der Waals surface area contributed by atoms with Crippen molar-refractivity contribution >= 4 is 17.9 Å². The molecule has 0 rings (SSSR count). The minimum atomic E-state index is -1.17. The summed E-state index contributed by atoms with van der Waals surface area (Å²) < 4.78 is -0.473. The monoisotopic (exact) mass is 556 g/mol. The van der Waals surface area contributed by atoms with Gasteiger partial charge in [0.25, 0.3) is 0 Å². The van der Waals surface area contributed by atoms with E-state index in [1.165, 1.54) is 130 Å². The highest BCUT2D eigenvalue weighted by Gasteiger charge is 2.52. The van der Waals surface area contributed by atoms with E-state index in [2.05, 4.69) is 6.92 Å². The zero-order chi connectivity index (χ0) is 29.5. The molecule has 3 atom stereocenters. The van der Waals surface area contributed by atoms with Gasteiger partial charge in [0.05, 0.1) is 6.54 Å². The maximum atomic E-state index is 11.8. The Morgan fingerprint density at radius 3 is 0.846 bits per heavy atom. The first-order valence-electron chi connectivity index (χ1n) is 16.2. The Labute approximate surface area is 239 Å². The van der Waals surface area contributed by atoms with Crippen LogP contribution in [0, 0.1) is 0 Å². The van der Waals surface area contributed by atoms with E-state index in [-0.39, 0.29) is 6.54 Å². The molecule has 3 N–H and O–H groups in total. The van der Waals surface area contributed by atoms with Crippen LogP contribution in [0.3, 0.4) is 0 Å². The lowest BCUT2D eigenvalue weighted by molar-refractivity contribution is -0.968. The fraction of sp³-hybridized carbons (Fsp3) is 0.906. The summed E-state index contributed by atoms with van der Waals surface area (Å²) in [4.78, 5) is 35.4. The molecule has 39 heavy (non-hydrogen) atoms. The van der Waals surface area contributed by atoms with E-state index in [1.807, 2.05) is 0 Å². The summed E-state index contributed by atoms with van der Waals surface area (Å²) in [6.07, 6.45) is 26.6. The number of hydrogen-bond donors (Lipinski definition) is 3. The first kappa shape index (κ1) is 37.4. The minimum Gasteiger partial charge on any atom is -0.477 e. The SMILES string of the molecule is CCCCCCCCCCCCCCCCCCCCCCC[N+](C(C)C(=O)O)(C(C)C(=O)O)C(C)C(=O)O. The van der Waals surface area contributed by atoms with Crippen LogP contribution in [0.5, 0.6) is 0 Å². The molecule has 0 radical (unpaired) electrons. The first-order chi connectivity index (χ1) is 18.6. The summed E-state index contributed by atoms with van der Waals surface area (Å²) in [6.45, 7) is 6.79. The molecule has 0 aromatic carbocycles. The summed E-state index contributed by atoms with van der Waals surface area (Å²) in [7, 11) is 0. The van der Waals surface area contributed by atoms with Gasteiger partial charge in [0, 0.05) is 0 Å². The lowest BCUT2D eigenvalue weighted by Gasteiger charge is -2.47. The molecule has 0 amide bonds. The van der Waals surface area contributed by atoms with Gasteiger partial charge < -0.3 is 15.3 Å². The van der Waals surface area contributed by atoms with Crippen molar-refractivity contribution in [3.05, 3.63) is 0 Å². The van der Waals surface area contributed by atoms with Crippen molar-refractivity contribution in [3.8, 4) is 0 Å². The number of unbranched alkanes of at least 4 members (excludes halogenated alkanes) is 20. The lowest BCUT2D eigenvalue weighted by Crippen LogP contribution is -2.70. The number of quaternary nitrogens is 1. The Hall–Kier alpha value is -1.63. The lowest BCUT2D eigenvalue weighted by atomic mass is 9.99. The van der Waals surface area contributed by atoms with Crippen LogP contribution >= 0.6 is 0 Å². The van der Waals surface area contributed by atoms with E-state index in [0.717, 1.165) is 19.3 Å². The molecule has 0 heterocycles. The number of carboxylic acids is 3. The number of carbonyl (C=O) groups is 3. The second kappa shape index (κ2) is 23.1. The largest absolute Gasteiger partial charge is 0.477 e. The van der Waals surface area contributed by atoms with E-state index in [0.29, 0.717) is 6.42 Å². The third kappa shape index (κ3) is 15.7. The van der Waals surface area contributed by atoms with Crippen LogP contribution in [0.4, 0.5) is 0 Å². The van der Waals surface area contributed by atoms with Gasteiger partial charge >= 0.3 is 17.9 Å². The van der Waals surface area contributed by atoms with E-state index < -0.39 is 40.5 Å². The molecule has 3 unspecified atom stereocenters. The van der Waals surface area contributed by atoms with Crippen LogP contribution in [0.25, 0.3) is 0 Å². The molecule has 0 aliphatic heterocycles. The zero-order valence-corrected chi connectivity index (χ0v) is 25.8. The minimum absolute atomic E-state index is 0.230. The van der Waals surface area contributed by atoms with Crippen molar-refractivity contribution in [2.45, 2.75) is 181 Å². The van der Waals surface area contributed by atoms with Crippen LogP contribution in [0.2, 0.25) is 0 Å². The highest BCUT2D eigenvalue weighted by Crippen LogP contribution is 2.28. The fourth-order valence-electron chi connectivity index (χ4n) is 6.02. The Morgan fingerprint density at radius 2 is 0.641 bits per heavy atom. The molecule has 0 aliphatic carbocycles. The molecule has 0 saturated heterocycles. The Balaban J connectivity index is 3.97. The normalized spacial score (nSPS) is 15.4. The molecular formula is C32H62NO6+. The highest BCUT2D eigenvalue weighted by atomic mass is 16.4. The van der Waals surface area contributed by atoms with Gasteiger partial charge in [-0.1, -0.05) is 129 Å². The molecule has 0 saturated carbocycles. The van der Waals surface area contributed by atoms with Crippen molar-refractivity contribution in [1.82, 2.24) is 0 Å². The number of hydrogen-bond acceptors (Lipinski definition) is 3. The van der Waals surface area contributed by atoms with Gasteiger partial charge in [-0.2, -0.15) is 0 Å². The van der Waals surface area contributed by atoms with Crippen LogP contribution in [0.1, 0.15) is 163 Å². The van der Waals surface area contributed by atoms with E-state index in [9.17, 15) is 29.7 Å². The summed E-state index contributed by atoms with van der Waals surface area (Å²) >= 11 is 0. The van der Waals surface area contributed by atoms with Gasteiger partial charge in [-0.15, -0.1) is 0 Å². The third-order valence-electron chi connectivity index (χ3n) is 8.88. The smallest absolute Gasteiger partial charge is 0.362 e. The third-order valence-corrected chi connectivity index (χ3v) is 8.88. The maximum absolute atomic E-state index is 11.8. The Kier molecular flexibility index (Phi) is 22.1. The highest BCUT2D eigenvalue weighted by molar-refractivity contribution is 5.77. The van der Waals surface area contributed by atoms with E-state index >= 15 is 0 Å². The number of aliphatic carboxylic acids is 3. The molecule has 0 fully saturated rings. The van der Waals surface area contributed by atoms with Gasteiger partial charge in [0.2, 0.25) is 0 Å². The first-order valence-corrected chi connectivity index (χ1v) is 16.2. The van der Waals surface area contributed by atoms with Crippen molar-refractivity contribution in [3.63, 3.8) is 0 Å². The van der Waals surface area contributed by atoms with Crippen LogP contribution in [-0.4, -0.2) is 62.4 Å². The second-order valence-corrected chi connectivity index (χ2v) is 11.8. The number of rotatable bonds is 28. The second-order valence-electron chi connectivity index (χ2n) is 11.8. The average Bonchev–Trinajstić information content (AvgIpc) is 2.90. The van der Waals surface area contributed by atoms with Crippen molar-refractivity contribution in [2.24, 2.45) is 0 Å². The molecule has 0 aromatic heterocycles. The standard InChI is InChI=1S/C32H61NO6/c1-5-6-7-8-9-10-11-12-13-14-15-16-17-18-19-20-21-22-23-24-25-26-33(27(2)30(34)35,28(3)31(36)37)29(4)32(38)39/h27-29H,5-26H2,1-4H3,(H2-,34,35,36,37,38,39)/p+1. The number of nitrogens with zero attached hydrogens (tertiary/aromatic N) is 1. The van der Waals surface area contributed by atoms with Crippen molar-refractivity contribution in [2.75, 3.05) is 6.54 Å². The van der Waals surface area contributed by atoms with Crippen molar-refractivity contribution < 1.29 is 34.2 Å². The van der Waals surface area contributed by atoms with Gasteiger partial charge in [-0.05, 0) is 33.6 Å². The zero-order valence-electron chi connectivity index (χ0n) is 25.8. The van der Waals surface area contributed by atoms with Gasteiger partial charge in [0.1, 0.15) is 0 Å². The summed E-state index contributed by atoms with van der Waals surface area (Å²) in [5.41, 5.74) is 0. The molecule has 0 aliphatic rings. The maximum Gasteiger partial charge on any atom is 0.362 e. The van der Waals surface area contributed by atoms with Gasteiger partial charge in [0.15, 0.2) is 18.1 Å². The Morgan fingerprint density at radius 1 is 0.436 bits per heavy atom. The summed E-state index contributed by atoms with van der Waals surface area (Å²) in [6, 6.07) is -3.35. The molecule has 230 valence electrons. The molecule has 0 spiro atoms. The number of carboxylic acid groups (broad SMARTS) is 3. The molecule has 7 heteroatoms. The van der Waals surface area contributed by atoms with E-state index in [4.69, 9.17) is 0 Å². The predicted octanol–water partition coefficient (Wildman–Crippen LogP) is 8.43.